The molecule has 0 heterocycles. The molecule has 0 rings (SSSR count). The summed E-state index contributed by atoms with van der Waals surface area (Å²) in [4.78, 5) is 20.0. The Morgan fingerprint density at radius 1 is 0.692 bits per heavy atom. The normalized spacial score (nSPS) is 12.8. The summed E-state index contributed by atoms with van der Waals surface area (Å²) in [6, 6.07) is 0. The summed E-state index contributed by atoms with van der Waals surface area (Å²) < 4.78 is 0. The Morgan fingerprint density at radius 3 is 1.38 bits per heavy atom. The maximum Gasteiger partial charge on any atom is 0.444 e. The van der Waals surface area contributed by atoms with Gasteiger partial charge in [-0.2, -0.15) is 0 Å². The molecule has 1 amide bonds. The Morgan fingerprint density at radius 2 is 1.04 bits per heavy atom. The first kappa shape index (κ1) is 23.5. The number of carbonyl (C=O) groups is 1. The van der Waals surface area contributed by atoms with E-state index in [-0.39, 0.29) is 6.42 Å². The van der Waals surface area contributed by atoms with Crippen molar-refractivity contribution in [2.45, 2.75) is 58.3 Å². The minimum Gasteiger partial charge on any atom is -0.256 e. The SMILES string of the molecule is CCC=CCC=CCC=CCC=CCC=CCC=CCCC(=O)[N+](=O)[O-]. The van der Waals surface area contributed by atoms with Gasteiger partial charge in [0.1, 0.15) is 4.92 Å². The summed E-state index contributed by atoms with van der Waals surface area (Å²) in [5.74, 6) is -0.926. The minimum atomic E-state index is -0.926. The molecule has 0 saturated heterocycles. The molecule has 4 heteroatoms. The number of allylic oxidation sites excluding steroid dienone is 12. The van der Waals surface area contributed by atoms with Crippen molar-refractivity contribution in [2.24, 2.45) is 0 Å². The lowest BCUT2D eigenvalue weighted by Gasteiger charge is -1.87. The quantitative estimate of drug-likeness (QED) is 0.209. The Bertz CT molecular complexity index is 552. The van der Waals surface area contributed by atoms with Gasteiger partial charge in [-0.15, -0.1) is 0 Å². The summed E-state index contributed by atoms with van der Waals surface area (Å²) in [6.07, 6.45) is 31.3. The van der Waals surface area contributed by atoms with Gasteiger partial charge < -0.3 is 0 Å². The smallest absolute Gasteiger partial charge is 0.256 e. The van der Waals surface area contributed by atoms with Crippen molar-refractivity contribution in [1.29, 1.82) is 0 Å². The molecule has 0 atom stereocenters. The highest BCUT2D eigenvalue weighted by atomic mass is 16.6. The predicted octanol–water partition coefficient (Wildman–Crippen LogP) is 6.27. The van der Waals surface area contributed by atoms with Crippen LogP contribution in [0.15, 0.2) is 72.9 Å². The van der Waals surface area contributed by atoms with Crippen LogP contribution in [0.1, 0.15) is 58.3 Å². The van der Waals surface area contributed by atoms with E-state index >= 15 is 0 Å². The van der Waals surface area contributed by atoms with E-state index in [1.807, 2.05) is 12.2 Å². The van der Waals surface area contributed by atoms with E-state index in [4.69, 9.17) is 0 Å². The molecule has 0 unspecified atom stereocenters. The van der Waals surface area contributed by atoms with E-state index < -0.39 is 10.8 Å². The monoisotopic (exact) mass is 357 g/mol. The number of amides is 1. The third-order valence-corrected chi connectivity index (χ3v) is 3.33. The first-order chi connectivity index (χ1) is 12.7. The summed E-state index contributed by atoms with van der Waals surface area (Å²) in [6.45, 7) is 2.14. The third kappa shape index (κ3) is 17.9. The molecule has 0 saturated carbocycles. The van der Waals surface area contributed by atoms with Gasteiger partial charge in [-0.05, 0) is 44.9 Å². The fraction of sp³-hybridized carbons (Fsp3) is 0.409. The van der Waals surface area contributed by atoms with Crippen LogP contribution in [0.2, 0.25) is 0 Å². The maximum atomic E-state index is 10.8. The van der Waals surface area contributed by atoms with Gasteiger partial charge >= 0.3 is 5.91 Å². The van der Waals surface area contributed by atoms with Crippen LogP contribution in [0.3, 0.4) is 0 Å². The average Bonchev–Trinajstić information content (AvgIpc) is 2.63. The molecule has 0 aliphatic heterocycles. The summed E-state index contributed by atoms with van der Waals surface area (Å²) >= 11 is 0. The van der Waals surface area contributed by atoms with Crippen molar-refractivity contribution in [3.05, 3.63) is 83.0 Å². The second-order valence-corrected chi connectivity index (χ2v) is 5.60. The zero-order valence-corrected chi connectivity index (χ0v) is 15.8. The molecule has 0 aliphatic rings. The number of nitrogens with zero attached hydrogens (tertiary/aromatic N) is 1. The summed E-state index contributed by atoms with van der Waals surface area (Å²) in [7, 11) is 0. The molecule has 0 radical (unpaired) electrons. The molecular formula is C22H31NO3. The number of nitro groups is 1. The van der Waals surface area contributed by atoms with Crippen LogP contribution in [-0.4, -0.2) is 10.8 Å². The maximum absolute atomic E-state index is 10.8. The highest BCUT2D eigenvalue weighted by Crippen LogP contribution is 1.98. The molecule has 0 spiro atoms. The fourth-order valence-corrected chi connectivity index (χ4v) is 1.94. The Hall–Kier alpha value is -2.49. The number of hydrogen-bond donors (Lipinski definition) is 0. The van der Waals surface area contributed by atoms with Crippen LogP contribution in [0.4, 0.5) is 0 Å². The lowest BCUT2D eigenvalue weighted by molar-refractivity contribution is -0.402. The standard InChI is InChI=1S/C22H31NO3/c1-2-3-4-5-6-7-8-9-10-11-12-13-14-15-16-17-18-19-20-21-22(24)23(25)26/h3-4,6-7,9-10,12-13,15-16,18-19H,2,5,8,11,14,17,20-21H2,1H3. The molecule has 0 bridgehead atoms. The zero-order chi connectivity index (χ0) is 19.3. The van der Waals surface area contributed by atoms with Crippen LogP contribution >= 0.6 is 0 Å². The molecular weight excluding hydrogens is 326 g/mol. The Labute approximate surface area is 157 Å². The molecule has 0 aromatic carbocycles. The van der Waals surface area contributed by atoms with Crippen LogP contribution in [0, 0.1) is 10.1 Å². The predicted molar refractivity (Wildman–Crippen MR) is 109 cm³/mol. The largest absolute Gasteiger partial charge is 0.444 e. The van der Waals surface area contributed by atoms with E-state index in [9.17, 15) is 14.9 Å². The molecule has 4 nitrogen and oxygen atoms in total. The molecule has 0 fully saturated rings. The molecule has 26 heavy (non-hydrogen) atoms. The Kier molecular flexibility index (Phi) is 17.0. The molecule has 0 aromatic rings. The lowest BCUT2D eigenvalue weighted by Crippen LogP contribution is -2.09. The number of rotatable bonds is 14. The fourth-order valence-electron chi connectivity index (χ4n) is 1.94. The van der Waals surface area contributed by atoms with Gasteiger partial charge in [0.25, 0.3) is 0 Å². The third-order valence-electron chi connectivity index (χ3n) is 3.33. The highest BCUT2D eigenvalue weighted by Gasteiger charge is 2.11. The topological polar surface area (TPSA) is 60.2 Å². The van der Waals surface area contributed by atoms with E-state index in [2.05, 4.69) is 61.6 Å². The van der Waals surface area contributed by atoms with Gasteiger partial charge in [0.05, 0.1) is 6.42 Å². The van der Waals surface area contributed by atoms with Crippen molar-refractivity contribution in [2.75, 3.05) is 0 Å². The van der Waals surface area contributed by atoms with Crippen LogP contribution in [0.25, 0.3) is 0 Å². The van der Waals surface area contributed by atoms with Crippen molar-refractivity contribution < 1.29 is 9.72 Å². The molecule has 0 aromatic heterocycles. The van der Waals surface area contributed by atoms with Crippen LogP contribution in [0.5, 0.6) is 0 Å². The van der Waals surface area contributed by atoms with Gasteiger partial charge in [-0.25, -0.2) is 4.79 Å². The van der Waals surface area contributed by atoms with Crippen molar-refractivity contribution in [3.63, 3.8) is 0 Å². The number of hydrogen-bond acceptors (Lipinski definition) is 3. The lowest BCUT2D eigenvalue weighted by atomic mass is 10.2. The minimum absolute atomic E-state index is 0.0326. The van der Waals surface area contributed by atoms with Gasteiger partial charge in [-0.3, -0.25) is 10.1 Å². The average molecular weight is 357 g/mol. The Balaban J connectivity index is 3.58. The first-order valence-corrected chi connectivity index (χ1v) is 9.25. The van der Waals surface area contributed by atoms with E-state index in [0.717, 1.165) is 38.5 Å². The summed E-state index contributed by atoms with van der Waals surface area (Å²) in [5, 5.41) is 10.1. The highest BCUT2D eigenvalue weighted by molar-refractivity contribution is 5.67. The molecule has 0 aliphatic carbocycles. The second kappa shape index (κ2) is 18.8. The van der Waals surface area contributed by atoms with E-state index in [1.165, 1.54) is 0 Å². The first-order valence-electron chi connectivity index (χ1n) is 9.25. The van der Waals surface area contributed by atoms with Gasteiger partial charge in [-0.1, -0.05) is 79.8 Å². The van der Waals surface area contributed by atoms with Crippen molar-refractivity contribution in [1.82, 2.24) is 0 Å². The van der Waals surface area contributed by atoms with E-state index in [1.54, 1.807) is 6.08 Å². The van der Waals surface area contributed by atoms with Gasteiger partial charge in [0, 0.05) is 0 Å². The zero-order valence-electron chi connectivity index (χ0n) is 15.8. The van der Waals surface area contributed by atoms with Crippen molar-refractivity contribution >= 4 is 5.91 Å². The van der Waals surface area contributed by atoms with Gasteiger partial charge in [0.15, 0.2) is 0 Å². The van der Waals surface area contributed by atoms with Crippen molar-refractivity contribution in [3.8, 4) is 0 Å². The van der Waals surface area contributed by atoms with Crippen LogP contribution < -0.4 is 0 Å². The summed E-state index contributed by atoms with van der Waals surface area (Å²) in [5.41, 5.74) is 0. The molecule has 142 valence electrons. The van der Waals surface area contributed by atoms with E-state index in [0.29, 0.717) is 6.42 Å². The van der Waals surface area contributed by atoms with Gasteiger partial charge in [0.2, 0.25) is 0 Å². The number of carbonyl (C=O) groups excluding carboxylic acids is 1. The molecule has 0 N–H and O–H groups in total. The van der Waals surface area contributed by atoms with Crippen LogP contribution in [-0.2, 0) is 4.79 Å². The second-order valence-electron chi connectivity index (χ2n) is 5.60.